The Bertz CT molecular complexity index is 897. The van der Waals surface area contributed by atoms with Crippen LogP contribution < -0.4 is 24.4 Å². The predicted octanol–water partition coefficient (Wildman–Crippen LogP) is 2.25. The summed E-state index contributed by atoms with van der Waals surface area (Å²) < 4.78 is 21.0. The minimum Gasteiger partial charge on any atom is -0.494 e. The van der Waals surface area contributed by atoms with Crippen LogP contribution in [0, 0.1) is 10.1 Å². The van der Waals surface area contributed by atoms with Crippen LogP contribution in [0.25, 0.3) is 0 Å². The van der Waals surface area contributed by atoms with Crippen molar-refractivity contribution < 1.29 is 28.7 Å². The highest BCUT2D eigenvalue weighted by Crippen LogP contribution is 2.37. The topological polar surface area (TPSA) is 122 Å². The average molecular weight is 387 g/mol. The second kappa shape index (κ2) is 8.71. The van der Waals surface area contributed by atoms with Gasteiger partial charge in [-0.15, -0.1) is 0 Å². The third-order valence-electron chi connectivity index (χ3n) is 3.62. The summed E-state index contributed by atoms with van der Waals surface area (Å²) in [5.41, 5.74) is 2.21. The molecule has 0 aliphatic carbocycles. The number of nitrogens with zero attached hydrogens (tertiary/aromatic N) is 2. The fraction of sp³-hybridized carbons (Fsp3) is 0.222. The number of amides is 1. The van der Waals surface area contributed by atoms with Crippen LogP contribution in [0.1, 0.15) is 12.5 Å². The summed E-state index contributed by atoms with van der Waals surface area (Å²) in [4.78, 5) is 22.4. The molecule has 0 spiro atoms. The van der Waals surface area contributed by atoms with Crippen molar-refractivity contribution in [1.29, 1.82) is 0 Å². The smallest absolute Gasteiger partial charge is 0.282 e. The SMILES string of the molecule is CCOc1ccc(OCC(=O)N/N=C/c2cc3c(cc2[N+](=O)[O-])OCO3)cc1. The lowest BCUT2D eigenvalue weighted by Crippen LogP contribution is -2.24. The quantitative estimate of drug-likeness (QED) is 0.419. The maximum atomic E-state index is 11.8. The fourth-order valence-electron chi connectivity index (χ4n) is 2.36. The summed E-state index contributed by atoms with van der Waals surface area (Å²) in [5.74, 6) is 1.34. The lowest BCUT2D eigenvalue weighted by molar-refractivity contribution is -0.385. The number of hydrogen-bond acceptors (Lipinski definition) is 8. The van der Waals surface area contributed by atoms with Crippen molar-refractivity contribution in [2.24, 2.45) is 5.10 Å². The predicted molar refractivity (Wildman–Crippen MR) is 98.1 cm³/mol. The molecule has 0 unspecified atom stereocenters. The summed E-state index contributed by atoms with van der Waals surface area (Å²) >= 11 is 0. The zero-order valence-corrected chi connectivity index (χ0v) is 14.9. The summed E-state index contributed by atoms with van der Waals surface area (Å²) in [6, 6.07) is 9.49. The van der Waals surface area contributed by atoms with E-state index < -0.39 is 10.8 Å². The Hall–Kier alpha value is -3.82. The molecule has 0 aromatic heterocycles. The van der Waals surface area contributed by atoms with Gasteiger partial charge in [0.05, 0.1) is 29.4 Å². The highest BCUT2D eigenvalue weighted by Gasteiger charge is 2.22. The number of carbonyl (C=O) groups is 1. The maximum Gasteiger partial charge on any atom is 0.282 e. The van der Waals surface area contributed by atoms with Crippen molar-refractivity contribution in [3.8, 4) is 23.0 Å². The molecule has 2 aromatic rings. The Morgan fingerprint density at radius 1 is 1.21 bits per heavy atom. The first-order chi connectivity index (χ1) is 13.6. The summed E-state index contributed by atoms with van der Waals surface area (Å²) in [6.07, 6.45) is 1.16. The molecule has 3 rings (SSSR count). The van der Waals surface area contributed by atoms with Crippen LogP contribution in [-0.4, -0.2) is 37.1 Å². The van der Waals surface area contributed by atoms with E-state index in [-0.39, 0.29) is 30.4 Å². The van der Waals surface area contributed by atoms with E-state index in [1.54, 1.807) is 24.3 Å². The third-order valence-corrected chi connectivity index (χ3v) is 3.62. The van der Waals surface area contributed by atoms with E-state index in [0.717, 1.165) is 6.21 Å². The van der Waals surface area contributed by atoms with Gasteiger partial charge >= 0.3 is 0 Å². The zero-order chi connectivity index (χ0) is 19.9. The number of nitrogens with one attached hydrogen (secondary N) is 1. The van der Waals surface area contributed by atoms with Crippen molar-refractivity contribution in [2.75, 3.05) is 20.0 Å². The fourth-order valence-corrected chi connectivity index (χ4v) is 2.36. The molecule has 0 fully saturated rings. The molecule has 0 radical (unpaired) electrons. The van der Waals surface area contributed by atoms with Gasteiger partial charge in [-0.1, -0.05) is 0 Å². The lowest BCUT2D eigenvalue weighted by Gasteiger charge is -2.06. The highest BCUT2D eigenvalue weighted by molar-refractivity contribution is 5.88. The van der Waals surface area contributed by atoms with E-state index >= 15 is 0 Å². The van der Waals surface area contributed by atoms with Crippen molar-refractivity contribution in [3.63, 3.8) is 0 Å². The molecule has 1 aliphatic rings. The monoisotopic (exact) mass is 387 g/mol. The molecule has 2 aromatic carbocycles. The van der Waals surface area contributed by atoms with Gasteiger partial charge in [0.2, 0.25) is 6.79 Å². The van der Waals surface area contributed by atoms with Crippen LogP contribution in [0.5, 0.6) is 23.0 Å². The number of hydrazone groups is 1. The number of carbonyl (C=O) groups excluding carboxylic acids is 1. The zero-order valence-electron chi connectivity index (χ0n) is 14.9. The summed E-state index contributed by atoms with van der Waals surface area (Å²) in [7, 11) is 0. The van der Waals surface area contributed by atoms with Crippen LogP contribution in [0.4, 0.5) is 5.69 Å². The van der Waals surface area contributed by atoms with Gasteiger partial charge in [-0.3, -0.25) is 14.9 Å². The summed E-state index contributed by atoms with van der Waals surface area (Å²) in [6.45, 7) is 2.16. The largest absolute Gasteiger partial charge is 0.494 e. The molecule has 1 amide bonds. The van der Waals surface area contributed by atoms with E-state index in [1.807, 2.05) is 6.92 Å². The van der Waals surface area contributed by atoms with E-state index in [9.17, 15) is 14.9 Å². The molecule has 10 nitrogen and oxygen atoms in total. The number of nitro benzene ring substituents is 1. The van der Waals surface area contributed by atoms with Gasteiger partial charge in [0.25, 0.3) is 11.6 Å². The van der Waals surface area contributed by atoms with Gasteiger partial charge in [0.15, 0.2) is 18.1 Å². The molecule has 1 heterocycles. The second-order valence-electron chi connectivity index (χ2n) is 5.51. The van der Waals surface area contributed by atoms with Crippen molar-refractivity contribution >= 4 is 17.8 Å². The number of benzene rings is 2. The Kier molecular flexibility index (Phi) is 5.90. The minimum absolute atomic E-state index is 0.00723. The number of hydrogen-bond donors (Lipinski definition) is 1. The standard InChI is InChI=1S/C18H17N3O7/c1-2-25-13-3-5-14(6-4-13)26-10-18(22)20-19-9-12-7-16-17(28-11-27-16)8-15(12)21(23)24/h3-9H,2,10-11H2,1H3,(H,20,22)/b19-9+. The van der Waals surface area contributed by atoms with E-state index in [0.29, 0.717) is 23.9 Å². The van der Waals surface area contributed by atoms with Crippen LogP contribution in [0.3, 0.4) is 0 Å². The Balaban J connectivity index is 1.55. The van der Waals surface area contributed by atoms with Gasteiger partial charge in [-0.2, -0.15) is 5.10 Å². The van der Waals surface area contributed by atoms with Gasteiger partial charge in [0, 0.05) is 0 Å². The molecule has 0 bridgehead atoms. The first-order valence-corrected chi connectivity index (χ1v) is 8.32. The number of nitro groups is 1. The Morgan fingerprint density at radius 2 is 1.86 bits per heavy atom. The first-order valence-electron chi connectivity index (χ1n) is 8.32. The van der Waals surface area contributed by atoms with Crippen LogP contribution in [0.2, 0.25) is 0 Å². The molecular formula is C18H17N3O7. The molecule has 0 saturated heterocycles. The van der Waals surface area contributed by atoms with E-state index in [4.69, 9.17) is 18.9 Å². The van der Waals surface area contributed by atoms with Crippen molar-refractivity contribution in [2.45, 2.75) is 6.92 Å². The molecule has 146 valence electrons. The van der Waals surface area contributed by atoms with Crippen molar-refractivity contribution in [1.82, 2.24) is 5.43 Å². The second-order valence-corrected chi connectivity index (χ2v) is 5.51. The number of rotatable bonds is 8. The molecule has 1 aliphatic heterocycles. The van der Waals surface area contributed by atoms with Gasteiger partial charge in [-0.05, 0) is 37.3 Å². The number of fused-ring (bicyclic) bond motifs is 1. The number of ether oxygens (including phenoxy) is 4. The maximum absolute atomic E-state index is 11.8. The van der Waals surface area contributed by atoms with Gasteiger partial charge < -0.3 is 18.9 Å². The minimum atomic E-state index is -0.569. The molecule has 1 N–H and O–H groups in total. The normalized spacial score (nSPS) is 12.0. The van der Waals surface area contributed by atoms with Gasteiger partial charge in [0.1, 0.15) is 11.5 Å². The average Bonchev–Trinajstić information content (AvgIpc) is 3.14. The lowest BCUT2D eigenvalue weighted by atomic mass is 10.1. The molecule has 0 saturated carbocycles. The molecular weight excluding hydrogens is 370 g/mol. The van der Waals surface area contributed by atoms with Crippen LogP contribution in [-0.2, 0) is 4.79 Å². The Morgan fingerprint density at radius 3 is 2.50 bits per heavy atom. The Labute approximate surface area is 159 Å². The first kappa shape index (κ1) is 19.0. The van der Waals surface area contributed by atoms with Crippen LogP contribution in [0.15, 0.2) is 41.5 Å². The van der Waals surface area contributed by atoms with E-state index in [2.05, 4.69) is 10.5 Å². The van der Waals surface area contributed by atoms with Gasteiger partial charge in [-0.25, -0.2) is 5.43 Å². The highest BCUT2D eigenvalue weighted by atomic mass is 16.7. The van der Waals surface area contributed by atoms with Crippen LogP contribution >= 0.6 is 0 Å². The molecule has 0 atom stereocenters. The third kappa shape index (κ3) is 4.67. The van der Waals surface area contributed by atoms with Crippen molar-refractivity contribution in [3.05, 3.63) is 52.1 Å². The summed E-state index contributed by atoms with van der Waals surface area (Å²) in [5, 5.41) is 14.9. The molecule has 28 heavy (non-hydrogen) atoms. The van der Waals surface area contributed by atoms with E-state index in [1.165, 1.54) is 12.1 Å². The molecule has 10 heteroatoms.